The van der Waals surface area contributed by atoms with Crippen LogP contribution in [0.5, 0.6) is 0 Å². The van der Waals surface area contributed by atoms with E-state index in [1.54, 1.807) is 7.05 Å². The first-order chi connectivity index (χ1) is 13.6. The quantitative estimate of drug-likeness (QED) is 0.529. The zero-order valence-electron chi connectivity index (χ0n) is 16.3. The van der Waals surface area contributed by atoms with Crippen LogP contribution in [-0.2, 0) is 14.3 Å². The molecule has 0 fully saturated rings. The summed E-state index contributed by atoms with van der Waals surface area (Å²) in [7, 11) is 1.56. The number of hydrogen-bond acceptors (Lipinski definition) is 4. The number of amides is 1. The summed E-state index contributed by atoms with van der Waals surface area (Å²) >= 11 is 0. The normalized spacial score (nSPS) is 13.2. The second-order valence-electron chi connectivity index (χ2n) is 6.76. The summed E-state index contributed by atoms with van der Waals surface area (Å²) in [5.41, 5.74) is 4.65. The molecule has 3 rings (SSSR count). The highest BCUT2D eigenvalue weighted by atomic mass is 16.6. The molecule has 0 saturated carbocycles. The molecule has 146 valence electrons. The first kappa shape index (κ1) is 19.7. The lowest BCUT2D eigenvalue weighted by atomic mass is 9.98. The van der Waals surface area contributed by atoms with E-state index in [9.17, 15) is 9.59 Å². The van der Waals surface area contributed by atoms with Gasteiger partial charge in [0.1, 0.15) is 19.3 Å². The minimum atomic E-state index is -0.685. The van der Waals surface area contributed by atoms with Crippen LogP contribution in [0.3, 0.4) is 0 Å². The van der Waals surface area contributed by atoms with Crippen molar-refractivity contribution in [1.82, 2.24) is 4.90 Å². The van der Waals surface area contributed by atoms with Gasteiger partial charge in [-0.05, 0) is 28.7 Å². The summed E-state index contributed by atoms with van der Waals surface area (Å²) < 4.78 is 10.7. The molecule has 2 aromatic carbocycles. The van der Waals surface area contributed by atoms with Crippen LogP contribution in [-0.4, -0.2) is 43.3 Å². The molecule has 0 spiro atoms. The standard InChI is InChI=1S/C23H25NO4/c1-4-14-27-22(25)21(5-2)24(3)23(26)28-15-20-18-12-8-6-10-16(18)17-11-7-9-13-19(17)20/h4,6-13,20-21H,1,5,14-15H2,2-3H3. The minimum Gasteiger partial charge on any atom is -0.460 e. The molecule has 1 atom stereocenters. The van der Waals surface area contributed by atoms with Crippen LogP contribution >= 0.6 is 0 Å². The smallest absolute Gasteiger partial charge is 0.410 e. The maximum Gasteiger partial charge on any atom is 0.410 e. The zero-order valence-corrected chi connectivity index (χ0v) is 16.3. The van der Waals surface area contributed by atoms with Crippen molar-refractivity contribution >= 4 is 12.1 Å². The second-order valence-corrected chi connectivity index (χ2v) is 6.76. The van der Waals surface area contributed by atoms with Gasteiger partial charge in [0.15, 0.2) is 0 Å². The monoisotopic (exact) mass is 379 g/mol. The highest BCUT2D eigenvalue weighted by Crippen LogP contribution is 2.44. The van der Waals surface area contributed by atoms with Gasteiger partial charge in [0.05, 0.1) is 0 Å². The molecular weight excluding hydrogens is 354 g/mol. The van der Waals surface area contributed by atoms with Crippen molar-refractivity contribution in [3.05, 3.63) is 72.3 Å². The van der Waals surface area contributed by atoms with Crippen LogP contribution in [0.2, 0.25) is 0 Å². The van der Waals surface area contributed by atoms with Crippen LogP contribution in [0.15, 0.2) is 61.2 Å². The number of nitrogens with zero attached hydrogens (tertiary/aromatic N) is 1. The fraction of sp³-hybridized carbons (Fsp3) is 0.304. The molecule has 1 amide bonds. The van der Waals surface area contributed by atoms with E-state index in [0.717, 1.165) is 11.1 Å². The van der Waals surface area contributed by atoms with Gasteiger partial charge in [-0.1, -0.05) is 68.1 Å². The van der Waals surface area contributed by atoms with Crippen LogP contribution in [0.25, 0.3) is 11.1 Å². The average molecular weight is 379 g/mol. The van der Waals surface area contributed by atoms with Gasteiger partial charge in [0.25, 0.3) is 0 Å². The van der Waals surface area contributed by atoms with Crippen molar-refractivity contribution in [2.45, 2.75) is 25.3 Å². The Morgan fingerprint density at radius 2 is 1.64 bits per heavy atom. The Kier molecular flexibility index (Phi) is 6.14. The summed E-state index contributed by atoms with van der Waals surface area (Å²) in [5.74, 6) is -0.476. The van der Waals surface area contributed by atoms with E-state index < -0.39 is 18.1 Å². The van der Waals surface area contributed by atoms with E-state index in [4.69, 9.17) is 9.47 Å². The highest BCUT2D eigenvalue weighted by molar-refractivity contribution is 5.82. The highest BCUT2D eigenvalue weighted by Gasteiger charge is 2.31. The summed E-state index contributed by atoms with van der Waals surface area (Å²) in [6.45, 7) is 5.69. The predicted molar refractivity (Wildman–Crippen MR) is 108 cm³/mol. The van der Waals surface area contributed by atoms with Crippen LogP contribution in [0.4, 0.5) is 4.79 Å². The first-order valence-electron chi connectivity index (χ1n) is 9.43. The summed E-state index contributed by atoms with van der Waals surface area (Å²) in [5, 5.41) is 0. The van der Waals surface area contributed by atoms with Crippen LogP contribution < -0.4 is 0 Å². The molecule has 0 aromatic heterocycles. The third kappa shape index (κ3) is 3.79. The number of fused-ring (bicyclic) bond motifs is 3. The van der Waals surface area contributed by atoms with Gasteiger partial charge >= 0.3 is 12.1 Å². The lowest BCUT2D eigenvalue weighted by Gasteiger charge is -2.25. The van der Waals surface area contributed by atoms with E-state index in [0.29, 0.717) is 6.42 Å². The molecule has 1 aliphatic carbocycles. The molecule has 0 aliphatic heterocycles. The fourth-order valence-electron chi connectivity index (χ4n) is 3.66. The third-order valence-electron chi connectivity index (χ3n) is 5.09. The molecule has 0 heterocycles. The maximum atomic E-state index is 12.6. The van der Waals surface area contributed by atoms with Gasteiger partial charge in [-0.3, -0.25) is 4.90 Å². The van der Waals surface area contributed by atoms with E-state index in [-0.39, 0.29) is 19.1 Å². The SMILES string of the molecule is C=CCOC(=O)C(CC)N(C)C(=O)OCC1c2ccccc2-c2ccccc21. The Hall–Kier alpha value is -3.08. The number of carbonyl (C=O) groups excluding carboxylic acids is 2. The Morgan fingerprint density at radius 1 is 1.07 bits per heavy atom. The van der Waals surface area contributed by atoms with Crippen molar-refractivity contribution in [1.29, 1.82) is 0 Å². The minimum absolute atomic E-state index is 0.0162. The largest absolute Gasteiger partial charge is 0.460 e. The number of likely N-dealkylation sites (N-methyl/N-ethyl adjacent to an activating group) is 1. The Balaban J connectivity index is 1.70. The molecule has 5 nitrogen and oxygen atoms in total. The molecule has 2 aromatic rings. The van der Waals surface area contributed by atoms with Gasteiger partial charge in [-0.15, -0.1) is 0 Å². The molecule has 28 heavy (non-hydrogen) atoms. The van der Waals surface area contributed by atoms with Gasteiger partial charge in [-0.25, -0.2) is 9.59 Å². The third-order valence-corrected chi connectivity index (χ3v) is 5.09. The number of carbonyl (C=O) groups is 2. The molecular formula is C23H25NO4. The lowest BCUT2D eigenvalue weighted by Crippen LogP contribution is -2.43. The fourth-order valence-corrected chi connectivity index (χ4v) is 3.66. The first-order valence-corrected chi connectivity index (χ1v) is 9.43. The molecule has 5 heteroatoms. The van der Waals surface area contributed by atoms with Gasteiger partial charge in [0, 0.05) is 13.0 Å². The van der Waals surface area contributed by atoms with Gasteiger partial charge < -0.3 is 9.47 Å². The molecule has 1 aliphatic rings. The Bertz CT molecular complexity index is 831. The molecule has 0 N–H and O–H groups in total. The lowest BCUT2D eigenvalue weighted by molar-refractivity contribution is -0.147. The van der Waals surface area contributed by atoms with E-state index in [2.05, 4.69) is 30.8 Å². The summed E-state index contributed by atoms with van der Waals surface area (Å²) in [4.78, 5) is 26.0. The topological polar surface area (TPSA) is 55.8 Å². The van der Waals surface area contributed by atoms with Gasteiger partial charge in [-0.2, -0.15) is 0 Å². The van der Waals surface area contributed by atoms with Crippen molar-refractivity contribution < 1.29 is 19.1 Å². The summed E-state index contributed by atoms with van der Waals surface area (Å²) in [6.07, 6.45) is 1.40. The van der Waals surface area contributed by atoms with E-state index in [1.165, 1.54) is 22.1 Å². The van der Waals surface area contributed by atoms with Crippen LogP contribution in [0, 0.1) is 0 Å². The zero-order chi connectivity index (χ0) is 20.1. The summed E-state index contributed by atoms with van der Waals surface area (Å²) in [6, 6.07) is 15.6. The Labute approximate surface area is 165 Å². The second kappa shape index (κ2) is 8.74. The van der Waals surface area contributed by atoms with Crippen molar-refractivity contribution in [3.8, 4) is 11.1 Å². The number of rotatable bonds is 7. The molecule has 0 bridgehead atoms. The van der Waals surface area contributed by atoms with Crippen molar-refractivity contribution in [3.63, 3.8) is 0 Å². The number of hydrogen-bond donors (Lipinski definition) is 0. The van der Waals surface area contributed by atoms with E-state index >= 15 is 0 Å². The molecule has 0 saturated heterocycles. The predicted octanol–water partition coefficient (Wildman–Crippen LogP) is 4.38. The molecule has 1 unspecified atom stereocenters. The average Bonchev–Trinajstić information content (AvgIpc) is 3.04. The number of ether oxygens (including phenoxy) is 2. The van der Waals surface area contributed by atoms with Crippen molar-refractivity contribution in [2.24, 2.45) is 0 Å². The number of esters is 1. The van der Waals surface area contributed by atoms with Gasteiger partial charge in [0.2, 0.25) is 0 Å². The number of benzene rings is 2. The Morgan fingerprint density at radius 3 is 2.18 bits per heavy atom. The van der Waals surface area contributed by atoms with E-state index in [1.807, 2.05) is 31.2 Å². The van der Waals surface area contributed by atoms with Crippen LogP contribution in [0.1, 0.15) is 30.4 Å². The maximum absolute atomic E-state index is 12.6. The van der Waals surface area contributed by atoms with Crippen molar-refractivity contribution in [2.75, 3.05) is 20.3 Å². The molecule has 0 radical (unpaired) electrons.